The fraction of sp³-hybridized carbons (Fsp3) is 0.350. The van der Waals surface area contributed by atoms with Crippen LogP contribution in [0.4, 0.5) is 5.69 Å². The maximum Gasteiger partial charge on any atom is 0.243 e. The van der Waals surface area contributed by atoms with Crippen LogP contribution in [0.1, 0.15) is 18.4 Å². The molecule has 1 atom stereocenters. The number of nitrogens with zero attached hydrogens (tertiary/aromatic N) is 2. The van der Waals surface area contributed by atoms with Crippen LogP contribution in [0.2, 0.25) is 0 Å². The van der Waals surface area contributed by atoms with Crippen LogP contribution >= 0.6 is 0 Å². The van der Waals surface area contributed by atoms with Crippen LogP contribution in [0.3, 0.4) is 0 Å². The Morgan fingerprint density at radius 2 is 1.77 bits per heavy atom. The molecule has 26 heavy (non-hydrogen) atoms. The third kappa shape index (κ3) is 2.93. The lowest BCUT2D eigenvalue weighted by Gasteiger charge is -2.24. The molecule has 0 unspecified atom stereocenters. The molecule has 2 fully saturated rings. The molecule has 2 aliphatic rings. The van der Waals surface area contributed by atoms with Crippen LogP contribution in [0.15, 0.2) is 59.5 Å². The summed E-state index contributed by atoms with van der Waals surface area (Å²) in [5.41, 5.74) is 1.72. The summed E-state index contributed by atoms with van der Waals surface area (Å²) in [6.07, 6.45) is 1.12. The Bertz CT molecular complexity index is 943. The van der Waals surface area contributed by atoms with Gasteiger partial charge in [-0.15, -0.1) is 0 Å². The minimum Gasteiger partial charge on any atom is -0.312 e. The van der Waals surface area contributed by atoms with Crippen LogP contribution in [-0.4, -0.2) is 38.3 Å². The van der Waals surface area contributed by atoms with Crippen molar-refractivity contribution in [2.24, 2.45) is 5.41 Å². The van der Waals surface area contributed by atoms with Crippen molar-refractivity contribution in [3.8, 4) is 0 Å². The lowest BCUT2D eigenvalue weighted by molar-refractivity contribution is -0.117. The van der Waals surface area contributed by atoms with Gasteiger partial charge in [-0.1, -0.05) is 30.3 Å². The average molecular weight is 370 g/mol. The monoisotopic (exact) mass is 370 g/mol. The number of benzene rings is 2. The molecule has 0 bridgehead atoms. The van der Waals surface area contributed by atoms with Gasteiger partial charge in [0, 0.05) is 37.2 Å². The van der Waals surface area contributed by atoms with E-state index in [0.717, 1.165) is 11.3 Å². The zero-order valence-corrected chi connectivity index (χ0v) is 15.6. The van der Waals surface area contributed by atoms with E-state index in [2.05, 4.69) is 0 Å². The third-order valence-corrected chi connectivity index (χ3v) is 7.28. The van der Waals surface area contributed by atoms with Gasteiger partial charge in [0.15, 0.2) is 0 Å². The molecule has 2 saturated heterocycles. The van der Waals surface area contributed by atoms with E-state index in [4.69, 9.17) is 0 Å². The van der Waals surface area contributed by atoms with Gasteiger partial charge in [-0.25, -0.2) is 8.42 Å². The number of aryl methyl sites for hydroxylation is 1. The van der Waals surface area contributed by atoms with Crippen molar-refractivity contribution in [3.05, 3.63) is 60.2 Å². The van der Waals surface area contributed by atoms with Gasteiger partial charge in [0.05, 0.1) is 4.90 Å². The zero-order valence-electron chi connectivity index (χ0n) is 14.8. The molecule has 6 heteroatoms. The number of carbonyl (C=O) groups is 1. The summed E-state index contributed by atoms with van der Waals surface area (Å²) in [7, 11) is -3.50. The summed E-state index contributed by atoms with van der Waals surface area (Å²) in [5, 5.41) is 0. The molecule has 0 N–H and O–H groups in total. The fourth-order valence-electron chi connectivity index (χ4n) is 4.04. The van der Waals surface area contributed by atoms with Gasteiger partial charge >= 0.3 is 0 Å². The van der Waals surface area contributed by atoms with Crippen LogP contribution in [0.5, 0.6) is 0 Å². The topological polar surface area (TPSA) is 57.7 Å². The van der Waals surface area contributed by atoms with Crippen molar-refractivity contribution in [3.63, 3.8) is 0 Å². The Morgan fingerprint density at radius 1 is 1.00 bits per heavy atom. The molecule has 2 heterocycles. The minimum absolute atomic E-state index is 0.0783. The first-order valence-corrected chi connectivity index (χ1v) is 10.3. The highest BCUT2D eigenvalue weighted by Crippen LogP contribution is 2.43. The molecule has 4 rings (SSSR count). The number of anilines is 1. The molecule has 0 aromatic heterocycles. The molecule has 136 valence electrons. The van der Waals surface area contributed by atoms with Crippen molar-refractivity contribution in [2.45, 2.75) is 24.7 Å². The summed E-state index contributed by atoms with van der Waals surface area (Å²) < 4.78 is 27.3. The maximum absolute atomic E-state index is 12.9. The highest BCUT2D eigenvalue weighted by molar-refractivity contribution is 7.89. The first-order valence-electron chi connectivity index (χ1n) is 8.82. The summed E-state index contributed by atoms with van der Waals surface area (Å²) in [5.74, 6) is 0.0783. The normalized spacial score (nSPS) is 23.9. The van der Waals surface area contributed by atoms with E-state index in [1.54, 1.807) is 30.3 Å². The molecule has 2 aromatic rings. The zero-order chi connectivity index (χ0) is 18.4. The van der Waals surface area contributed by atoms with Gasteiger partial charge in [-0.05, 0) is 43.2 Å². The van der Waals surface area contributed by atoms with Gasteiger partial charge in [-0.2, -0.15) is 4.31 Å². The van der Waals surface area contributed by atoms with E-state index in [1.807, 2.05) is 36.1 Å². The number of sulfonamides is 1. The van der Waals surface area contributed by atoms with E-state index < -0.39 is 10.0 Å². The highest BCUT2D eigenvalue weighted by Gasteiger charge is 2.50. The maximum atomic E-state index is 12.9. The molecule has 1 spiro atoms. The Morgan fingerprint density at radius 3 is 2.50 bits per heavy atom. The Hall–Kier alpha value is -2.18. The van der Waals surface area contributed by atoms with Gasteiger partial charge < -0.3 is 4.90 Å². The van der Waals surface area contributed by atoms with E-state index >= 15 is 0 Å². The predicted octanol–water partition coefficient (Wildman–Crippen LogP) is 2.81. The van der Waals surface area contributed by atoms with Gasteiger partial charge in [0.25, 0.3) is 0 Å². The second kappa shape index (κ2) is 6.21. The lowest BCUT2D eigenvalue weighted by Crippen LogP contribution is -2.34. The molecular formula is C20H22N2O3S. The predicted molar refractivity (Wildman–Crippen MR) is 100 cm³/mol. The SMILES string of the molecule is Cc1cccc(N2C[C@@]3(CCN(S(=O)(=O)c4ccccc4)C3)CC2=O)c1. The molecular weight excluding hydrogens is 348 g/mol. The van der Waals surface area contributed by atoms with E-state index in [9.17, 15) is 13.2 Å². The molecule has 0 radical (unpaired) electrons. The van der Waals surface area contributed by atoms with Gasteiger partial charge in [0.2, 0.25) is 15.9 Å². The summed E-state index contributed by atoms with van der Waals surface area (Å²) in [6.45, 7) is 3.45. The first kappa shape index (κ1) is 17.2. The van der Waals surface area contributed by atoms with Gasteiger partial charge in [-0.3, -0.25) is 4.79 Å². The lowest BCUT2D eigenvalue weighted by atomic mass is 9.86. The smallest absolute Gasteiger partial charge is 0.243 e. The van der Waals surface area contributed by atoms with Crippen molar-refractivity contribution in [2.75, 3.05) is 24.5 Å². The fourth-order valence-corrected chi connectivity index (χ4v) is 5.62. The van der Waals surface area contributed by atoms with Gasteiger partial charge in [0.1, 0.15) is 0 Å². The largest absolute Gasteiger partial charge is 0.312 e. The Kier molecular flexibility index (Phi) is 4.12. The number of amides is 1. The molecule has 5 nitrogen and oxygen atoms in total. The van der Waals surface area contributed by atoms with Crippen LogP contribution in [0, 0.1) is 12.3 Å². The van der Waals surface area contributed by atoms with Crippen LogP contribution in [-0.2, 0) is 14.8 Å². The number of rotatable bonds is 3. The second-order valence-electron chi connectivity index (χ2n) is 7.40. The van der Waals surface area contributed by atoms with Crippen molar-refractivity contribution < 1.29 is 13.2 Å². The number of hydrogen-bond acceptors (Lipinski definition) is 3. The van der Waals surface area contributed by atoms with Crippen molar-refractivity contribution in [1.82, 2.24) is 4.31 Å². The van der Waals surface area contributed by atoms with Crippen molar-refractivity contribution in [1.29, 1.82) is 0 Å². The second-order valence-corrected chi connectivity index (χ2v) is 9.34. The van der Waals surface area contributed by atoms with E-state index in [0.29, 0.717) is 37.4 Å². The van der Waals surface area contributed by atoms with Crippen LogP contribution in [0.25, 0.3) is 0 Å². The molecule has 0 aliphatic carbocycles. The molecule has 2 aliphatic heterocycles. The summed E-state index contributed by atoms with van der Waals surface area (Å²) >= 11 is 0. The molecule has 2 aromatic carbocycles. The summed E-state index contributed by atoms with van der Waals surface area (Å²) in [6, 6.07) is 16.4. The quantitative estimate of drug-likeness (QED) is 0.835. The van der Waals surface area contributed by atoms with E-state index in [-0.39, 0.29) is 11.3 Å². The minimum atomic E-state index is -3.50. The van der Waals surface area contributed by atoms with Crippen LogP contribution < -0.4 is 4.90 Å². The number of hydrogen-bond donors (Lipinski definition) is 0. The Labute approximate surface area is 154 Å². The third-order valence-electron chi connectivity index (χ3n) is 5.42. The number of carbonyl (C=O) groups excluding carboxylic acids is 1. The summed E-state index contributed by atoms with van der Waals surface area (Å²) in [4.78, 5) is 14.8. The van der Waals surface area contributed by atoms with E-state index in [1.165, 1.54) is 4.31 Å². The first-order chi connectivity index (χ1) is 12.4. The molecule has 1 amide bonds. The molecule has 0 saturated carbocycles. The Balaban J connectivity index is 1.56. The highest BCUT2D eigenvalue weighted by atomic mass is 32.2. The standard InChI is InChI=1S/C20H22N2O3S/c1-16-6-5-7-17(12-16)22-15-20(13-19(22)23)10-11-21(14-20)26(24,25)18-8-3-2-4-9-18/h2-9,12H,10-11,13-15H2,1H3/t20-/m0/s1. The van der Waals surface area contributed by atoms with Crippen molar-refractivity contribution >= 4 is 21.6 Å². The average Bonchev–Trinajstić information content (AvgIpc) is 3.19.